The number of halogens is 1. The predicted octanol–water partition coefficient (Wildman–Crippen LogP) is 4.85. The van der Waals surface area contributed by atoms with E-state index in [0.29, 0.717) is 24.5 Å². The van der Waals surface area contributed by atoms with Crippen molar-refractivity contribution < 1.29 is 9.47 Å². The molecule has 1 N–H and O–H groups in total. The van der Waals surface area contributed by atoms with Crippen molar-refractivity contribution in [2.24, 2.45) is 0 Å². The molecule has 2 saturated heterocycles. The van der Waals surface area contributed by atoms with Gasteiger partial charge in [0.05, 0.1) is 47.9 Å². The average Bonchev–Trinajstić information content (AvgIpc) is 3.54. The van der Waals surface area contributed by atoms with E-state index in [2.05, 4.69) is 44.9 Å². The largest absolute Gasteiger partial charge is 0.377 e. The topological polar surface area (TPSA) is 77.3 Å². The van der Waals surface area contributed by atoms with E-state index >= 15 is 0 Å². The van der Waals surface area contributed by atoms with Crippen molar-refractivity contribution >= 4 is 34.1 Å². The minimum atomic E-state index is -0.0634. The van der Waals surface area contributed by atoms with Crippen LogP contribution in [0, 0.1) is 6.92 Å². The minimum absolute atomic E-state index is 0.0634. The Morgan fingerprint density at radius 1 is 1.17 bits per heavy atom. The van der Waals surface area contributed by atoms with Crippen LogP contribution in [0.15, 0.2) is 24.5 Å². The first-order valence-electron chi connectivity index (χ1n) is 12.6. The molecule has 35 heavy (non-hydrogen) atoms. The van der Waals surface area contributed by atoms with Crippen molar-refractivity contribution in [3.05, 3.63) is 40.8 Å². The highest BCUT2D eigenvalue weighted by Gasteiger charge is 2.46. The van der Waals surface area contributed by atoms with Gasteiger partial charge < -0.3 is 14.8 Å². The van der Waals surface area contributed by atoms with Crippen LogP contribution in [-0.4, -0.2) is 69.7 Å². The molecule has 8 nitrogen and oxygen atoms in total. The van der Waals surface area contributed by atoms with Gasteiger partial charge in [0.25, 0.3) is 0 Å². The molecule has 6 rings (SSSR count). The van der Waals surface area contributed by atoms with Gasteiger partial charge in [0.15, 0.2) is 0 Å². The number of hydrogen-bond acceptors (Lipinski definition) is 7. The number of anilines is 2. The molecular formula is C26H33ClN6O2. The Kier molecular flexibility index (Phi) is 5.95. The molecule has 3 fully saturated rings. The lowest BCUT2D eigenvalue weighted by Gasteiger charge is -2.44. The summed E-state index contributed by atoms with van der Waals surface area (Å²) in [6.07, 6.45) is 8.33. The summed E-state index contributed by atoms with van der Waals surface area (Å²) in [5.74, 6) is 0.985. The van der Waals surface area contributed by atoms with E-state index in [9.17, 15) is 0 Å². The second-order valence-corrected chi connectivity index (χ2v) is 10.8. The number of benzene rings is 1. The molecule has 0 unspecified atom stereocenters. The second kappa shape index (κ2) is 9.00. The fourth-order valence-corrected chi connectivity index (χ4v) is 6.08. The number of rotatable bonds is 6. The first-order valence-corrected chi connectivity index (χ1v) is 13.0. The highest BCUT2D eigenvalue weighted by molar-refractivity contribution is 6.32. The third-order valence-electron chi connectivity index (χ3n) is 8.18. The molecule has 0 spiro atoms. The fraction of sp³-hybridized carbons (Fsp3) is 0.577. The Hall–Kier alpha value is -2.26. The zero-order valence-corrected chi connectivity index (χ0v) is 21.4. The van der Waals surface area contributed by atoms with Crippen LogP contribution in [0.25, 0.3) is 10.9 Å². The van der Waals surface area contributed by atoms with Gasteiger partial charge in [0.2, 0.25) is 5.95 Å². The molecule has 9 heteroatoms. The van der Waals surface area contributed by atoms with Crippen molar-refractivity contribution in [1.82, 2.24) is 24.6 Å². The van der Waals surface area contributed by atoms with Crippen LogP contribution in [0.2, 0.25) is 5.02 Å². The van der Waals surface area contributed by atoms with Crippen molar-refractivity contribution in [2.75, 3.05) is 38.7 Å². The Bertz CT molecular complexity index is 1240. The summed E-state index contributed by atoms with van der Waals surface area (Å²) < 4.78 is 13.6. The molecule has 1 aliphatic carbocycles. The van der Waals surface area contributed by atoms with Gasteiger partial charge in [-0.15, -0.1) is 0 Å². The summed E-state index contributed by atoms with van der Waals surface area (Å²) in [7, 11) is 1.78. The molecule has 0 amide bonds. The van der Waals surface area contributed by atoms with Crippen LogP contribution < -0.4 is 5.32 Å². The van der Waals surface area contributed by atoms with Crippen molar-refractivity contribution in [1.29, 1.82) is 0 Å². The fourth-order valence-electron chi connectivity index (χ4n) is 5.76. The minimum Gasteiger partial charge on any atom is -0.377 e. The van der Waals surface area contributed by atoms with Crippen molar-refractivity contribution in [2.45, 2.75) is 63.1 Å². The van der Waals surface area contributed by atoms with Gasteiger partial charge in [0.1, 0.15) is 6.10 Å². The lowest BCUT2D eigenvalue weighted by molar-refractivity contribution is -0.0242. The van der Waals surface area contributed by atoms with E-state index in [0.717, 1.165) is 59.8 Å². The van der Waals surface area contributed by atoms with E-state index in [1.165, 1.54) is 18.4 Å². The average molecular weight is 497 g/mol. The molecule has 1 saturated carbocycles. The summed E-state index contributed by atoms with van der Waals surface area (Å²) in [6.45, 7) is 7.74. The molecule has 4 heterocycles. The number of methoxy groups -OCH3 is 1. The number of piperidine rings is 1. The van der Waals surface area contributed by atoms with Gasteiger partial charge in [-0.25, -0.2) is 9.97 Å². The number of ether oxygens (including phenoxy) is 2. The Labute approximate surface area is 211 Å². The Morgan fingerprint density at radius 3 is 2.71 bits per heavy atom. The number of fused-ring (bicyclic) bond motifs is 1. The number of likely N-dealkylation sites (tertiary alicyclic amines) is 1. The lowest BCUT2D eigenvalue weighted by atomic mass is 9.85. The van der Waals surface area contributed by atoms with E-state index in [1.54, 1.807) is 7.11 Å². The monoisotopic (exact) mass is 496 g/mol. The lowest BCUT2D eigenvalue weighted by Crippen LogP contribution is -2.57. The number of aromatic nitrogens is 4. The van der Waals surface area contributed by atoms with Gasteiger partial charge in [-0.3, -0.25) is 9.58 Å². The van der Waals surface area contributed by atoms with Gasteiger partial charge in [0, 0.05) is 23.7 Å². The van der Waals surface area contributed by atoms with Gasteiger partial charge in [-0.05, 0) is 76.2 Å². The highest BCUT2D eigenvalue weighted by atomic mass is 35.5. The van der Waals surface area contributed by atoms with Crippen LogP contribution in [-0.2, 0) is 9.47 Å². The summed E-state index contributed by atoms with van der Waals surface area (Å²) >= 11 is 6.77. The van der Waals surface area contributed by atoms with Gasteiger partial charge in [-0.1, -0.05) is 11.6 Å². The first-order chi connectivity index (χ1) is 17.0. The third-order valence-corrected chi connectivity index (χ3v) is 8.51. The number of nitrogens with zero attached hydrogens (tertiary/aromatic N) is 5. The van der Waals surface area contributed by atoms with Crippen molar-refractivity contribution in [3.8, 4) is 0 Å². The highest BCUT2D eigenvalue weighted by Crippen LogP contribution is 2.39. The zero-order chi connectivity index (χ0) is 24.2. The van der Waals surface area contributed by atoms with E-state index in [1.807, 2.05) is 18.5 Å². The molecular weight excluding hydrogens is 464 g/mol. The summed E-state index contributed by atoms with van der Waals surface area (Å²) in [5, 5.41) is 9.64. The molecule has 3 aliphatic rings. The molecule has 3 aromatic rings. The Balaban J connectivity index is 1.20. The van der Waals surface area contributed by atoms with Crippen LogP contribution in [0.3, 0.4) is 0 Å². The molecule has 0 radical (unpaired) electrons. The van der Waals surface area contributed by atoms with E-state index in [-0.39, 0.29) is 11.6 Å². The maximum atomic E-state index is 6.77. The van der Waals surface area contributed by atoms with Gasteiger partial charge in [-0.2, -0.15) is 5.10 Å². The first kappa shape index (κ1) is 23.2. The molecule has 2 aromatic heterocycles. The normalized spacial score (nSPS) is 26.0. The molecule has 2 aliphatic heterocycles. The van der Waals surface area contributed by atoms with Crippen LogP contribution >= 0.6 is 11.6 Å². The maximum Gasteiger partial charge on any atom is 0.227 e. The third kappa shape index (κ3) is 4.20. The van der Waals surface area contributed by atoms with Crippen LogP contribution in [0.1, 0.15) is 55.8 Å². The molecule has 1 aromatic carbocycles. The maximum absolute atomic E-state index is 6.77. The zero-order valence-electron chi connectivity index (χ0n) is 20.6. The molecule has 0 bridgehead atoms. The standard InChI is InChI=1S/C26H33ClN6O2/c1-16-23(13-29-33(16)19-4-5-19)31-25-28-12-18-10-21(27)20(11-22(18)30-25)17-6-8-32(9-7-17)26(2)15-35-14-24(26)34-3/h10-13,17,19,24H,4-9,14-15H2,1-3H3,(H,28,30,31)/t24-,26+/m1/s1. The van der Waals surface area contributed by atoms with E-state index in [4.69, 9.17) is 26.1 Å². The second-order valence-electron chi connectivity index (χ2n) is 10.4. The van der Waals surface area contributed by atoms with Crippen LogP contribution in [0.4, 0.5) is 11.6 Å². The molecule has 186 valence electrons. The summed E-state index contributed by atoms with van der Waals surface area (Å²) in [5.41, 5.74) is 4.10. The predicted molar refractivity (Wildman–Crippen MR) is 137 cm³/mol. The smallest absolute Gasteiger partial charge is 0.227 e. The summed E-state index contributed by atoms with van der Waals surface area (Å²) in [6, 6.07) is 4.71. The van der Waals surface area contributed by atoms with Gasteiger partial charge >= 0.3 is 0 Å². The SMILES string of the molecule is CO[C@@H]1COC[C@]1(C)N1CCC(c2cc3nc(Nc4cnn(C5CC5)c4C)ncc3cc2Cl)CC1. The number of nitrogens with one attached hydrogen (secondary N) is 1. The number of hydrogen-bond donors (Lipinski definition) is 1. The Morgan fingerprint density at radius 2 is 1.97 bits per heavy atom. The molecule has 2 atom stereocenters. The quantitative estimate of drug-likeness (QED) is 0.522. The van der Waals surface area contributed by atoms with Crippen molar-refractivity contribution in [3.63, 3.8) is 0 Å². The summed E-state index contributed by atoms with van der Waals surface area (Å²) in [4.78, 5) is 11.9. The van der Waals surface area contributed by atoms with E-state index < -0.39 is 0 Å². The van der Waals surface area contributed by atoms with Crippen LogP contribution in [0.5, 0.6) is 0 Å².